The smallest absolute Gasteiger partial charge is 0.254 e. The fourth-order valence-electron chi connectivity index (χ4n) is 4.89. The second kappa shape index (κ2) is 8.34. The minimum absolute atomic E-state index is 0.0886. The van der Waals surface area contributed by atoms with Gasteiger partial charge in [-0.05, 0) is 96.6 Å². The van der Waals surface area contributed by atoms with Gasteiger partial charge in [-0.15, -0.1) is 0 Å². The highest BCUT2D eigenvalue weighted by Gasteiger charge is 2.21. The van der Waals surface area contributed by atoms with Gasteiger partial charge < -0.3 is 14.5 Å². The lowest BCUT2D eigenvalue weighted by molar-refractivity contribution is 0.0746. The van der Waals surface area contributed by atoms with Crippen molar-refractivity contribution in [2.24, 2.45) is 0 Å². The number of hydrogen-bond acceptors (Lipinski definition) is 2. The molecule has 0 atom stereocenters. The van der Waals surface area contributed by atoms with Crippen molar-refractivity contribution in [1.82, 2.24) is 19.4 Å². The van der Waals surface area contributed by atoms with Crippen molar-refractivity contribution in [3.63, 3.8) is 0 Å². The van der Waals surface area contributed by atoms with Gasteiger partial charge in [-0.3, -0.25) is 4.79 Å². The van der Waals surface area contributed by atoms with Gasteiger partial charge in [0.15, 0.2) is 0 Å². The van der Waals surface area contributed by atoms with Crippen LogP contribution in [-0.2, 0) is 13.0 Å². The van der Waals surface area contributed by atoms with E-state index >= 15 is 0 Å². The van der Waals surface area contributed by atoms with E-state index in [1.807, 2.05) is 65.2 Å². The molecule has 0 fully saturated rings. The lowest BCUT2D eigenvalue weighted by Crippen LogP contribution is -2.30. The molecule has 0 unspecified atom stereocenters. The molecule has 0 saturated heterocycles. The average Bonchev–Trinajstić information content (AvgIpc) is 3.47. The van der Waals surface area contributed by atoms with E-state index in [0.29, 0.717) is 6.54 Å². The fourth-order valence-corrected chi connectivity index (χ4v) is 4.89. The summed E-state index contributed by atoms with van der Waals surface area (Å²) < 4.78 is 2.04. The summed E-state index contributed by atoms with van der Waals surface area (Å²) in [4.78, 5) is 23.2. The molecule has 1 aliphatic heterocycles. The molecule has 168 valence electrons. The number of nitrogens with zero attached hydrogens (tertiary/aromatic N) is 3. The summed E-state index contributed by atoms with van der Waals surface area (Å²) in [6.45, 7) is 3.37. The molecular formula is C29H26N4O. The van der Waals surface area contributed by atoms with Gasteiger partial charge in [0, 0.05) is 36.7 Å². The third kappa shape index (κ3) is 3.79. The average molecular weight is 447 g/mol. The van der Waals surface area contributed by atoms with Crippen LogP contribution < -0.4 is 0 Å². The minimum Gasteiger partial charge on any atom is -0.342 e. The van der Waals surface area contributed by atoms with Gasteiger partial charge in [0.1, 0.15) is 5.82 Å². The molecule has 0 aliphatic carbocycles. The highest BCUT2D eigenvalue weighted by atomic mass is 16.2. The van der Waals surface area contributed by atoms with Gasteiger partial charge in [-0.2, -0.15) is 0 Å². The first-order chi connectivity index (χ1) is 16.6. The van der Waals surface area contributed by atoms with Crippen LogP contribution in [0.1, 0.15) is 33.7 Å². The van der Waals surface area contributed by atoms with Crippen molar-refractivity contribution >= 4 is 16.9 Å². The first kappa shape index (κ1) is 20.5. The predicted octanol–water partition coefficient (Wildman–Crippen LogP) is 5.92. The van der Waals surface area contributed by atoms with Crippen LogP contribution in [0.2, 0.25) is 0 Å². The zero-order chi connectivity index (χ0) is 23.1. The van der Waals surface area contributed by atoms with Gasteiger partial charge in [0.2, 0.25) is 0 Å². The maximum absolute atomic E-state index is 13.4. The maximum Gasteiger partial charge on any atom is 0.254 e. The molecular weight excluding hydrogens is 420 g/mol. The number of carbonyl (C=O) groups excluding carboxylic acids is 1. The molecule has 3 heterocycles. The first-order valence-corrected chi connectivity index (χ1v) is 11.8. The lowest BCUT2D eigenvalue weighted by atomic mass is 9.97. The van der Waals surface area contributed by atoms with Crippen LogP contribution in [0.3, 0.4) is 0 Å². The van der Waals surface area contributed by atoms with Crippen molar-refractivity contribution in [2.75, 3.05) is 6.54 Å². The predicted molar refractivity (Wildman–Crippen MR) is 135 cm³/mol. The molecule has 0 radical (unpaired) electrons. The normalized spacial score (nSPS) is 13.6. The van der Waals surface area contributed by atoms with Crippen molar-refractivity contribution in [3.05, 3.63) is 108 Å². The van der Waals surface area contributed by atoms with Crippen molar-refractivity contribution in [3.8, 4) is 16.8 Å². The number of fused-ring (bicyclic) bond motifs is 2. The van der Waals surface area contributed by atoms with Crippen molar-refractivity contribution in [1.29, 1.82) is 0 Å². The summed E-state index contributed by atoms with van der Waals surface area (Å²) in [7, 11) is 0. The number of aromatic amines is 1. The largest absolute Gasteiger partial charge is 0.342 e. The van der Waals surface area contributed by atoms with Crippen molar-refractivity contribution in [2.45, 2.75) is 26.3 Å². The van der Waals surface area contributed by atoms with Gasteiger partial charge in [-0.25, -0.2) is 4.98 Å². The Labute approximate surface area is 198 Å². The molecule has 1 amide bonds. The minimum atomic E-state index is 0.0886. The van der Waals surface area contributed by atoms with Crippen LogP contribution in [0.4, 0.5) is 0 Å². The van der Waals surface area contributed by atoms with E-state index in [4.69, 9.17) is 0 Å². The number of aromatic nitrogens is 3. The fraction of sp³-hybridized carbons (Fsp3) is 0.172. The van der Waals surface area contributed by atoms with E-state index in [-0.39, 0.29) is 5.91 Å². The van der Waals surface area contributed by atoms with Crippen LogP contribution in [0.5, 0.6) is 0 Å². The van der Waals surface area contributed by atoms with E-state index in [1.54, 1.807) is 0 Å². The standard InChI is InChI=1S/C29H26N4O/c1-20-30-27-13-10-24(18-28(27)31-20)23-7-6-21-5-4-16-33(19-25(21)17-23)29(34)22-8-11-26(12-9-22)32-14-2-3-15-32/h2-3,6-15,17-18H,4-5,16,19H2,1H3,(H,30,31). The van der Waals surface area contributed by atoms with Crippen LogP contribution >= 0.6 is 0 Å². The highest BCUT2D eigenvalue weighted by molar-refractivity contribution is 5.94. The number of imidazole rings is 1. The third-order valence-electron chi connectivity index (χ3n) is 6.68. The zero-order valence-electron chi connectivity index (χ0n) is 19.2. The van der Waals surface area contributed by atoms with Crippen LogP contribution in [0.15, 0.2) is 85.2 Å². The molecule has 5 heteroatoms. The van der Waals surface area contributed by atoms with Gasteiger partial charge in [0.25, 0.3) is 5.91 Å². The van der Waals surface area contributed by atoms with Gasteiger partial charge >= 0.3 is 0 Å². The molecule has 0 spiro atoms. The zero-order valence-corrected chi connectivity index (χ0v) is 19.2. The molecule has 34 heavy (non-hydrogen) atoms. The molecule has 2 aromatic heterocycles. The SMILES string of the molecule is Cc1nc2cc(-c3ccc4c(c3)CN(C(=O)c3ccc(-n5cccc5)cc3)CCC4)ccc2[nH]1. The molecule has 5 nitrogen and oxygen atoms in total. The number of nitrogens with one attached hydrogen (secondary N) is 1. The second-order valence-electron chi connectivity index (χ2n) is 9.01. The molecule has 0 saturated carbocycles. The summed E-state index contributed by atoms with van der Waals surface area (Å²) in [5.74, 6) is 1.01. The highest BCUT2D eigenvalue weighted by Crippen LogP contribution is 2.28. The number of aryl methyl sites for hydroxylation is 2. The molecule has 5 aromatic rings. The summed E-state index contributed by atoms with van der Waals surface area (Å²) in [6.07, 6.45) is 5.97. The molecule has 6 rings (SSSR count). The second-order valence-corrected chi connectivity index (χ2v) is 9.01. The number of amides is 1. The number of carbonyl (C=O) groups is 1. The molecule has 1 aliphatic rings. The molecule has 3 aromatic carbocycles. The topological polar surface area (TPSA) is 53.9 Å². The Hall–Kier alpha value is -4.12. The van der Waals surface area contributed by atoms with E-state index in [9.17, 15) is 4.79 Å². The summed E-state index contributed by atoms with van der Waals surface area (Å²) in [5.41, 5.74) is 8.67. The van der Waals surface area contributed by atoms with Crippen LogP contribution in [0, 0.1) is 6.92 Å². The Bertz CT molecular complexity index is 1480. The first-order valence-electron chi connectivity index (χ1n) is 11.8. The Balaban J connectivity index is 1.27. The van der Waals surface area contributed by atoms with Gasteiger partial charge in [-0.1, -0.05) is 18.2 Å². The lowest BCUT2D eigenvalue weighted by Gasteiger charge is -2.21. The van der Waals surface area contributed by atoms with E-state index < -0.39 is 0 Å². The summed E-state index contributed by atoms with van der Waals surface area (Å²) in [6, 6.07) is 24.9. The monoisotopic (exact) mass is 446 g/mol. The van der Waals surface area contributed by atoms with Crippen molar-refractivity contribution < 1.29 is 4.79 Å². The maximum atomic E-state index is 13.4. The van der Waals surface area contributed by atoms with Crippen LogP contribution in [-0.4, -0.2) is 31.9 Å². The Morgan fingerprint density at radius 3 is 2.50 bits per heavy atom. The summed E-state index contributed by atoms with van der Waals surface area (Å²) >= 11 is 0. The number of hydrogen-bond donors (Lipinski definition) is 1. The molecule has 0 bridgehead atoms. The third-order valence-corrected chi connectivity index (χ3v) is 6.68. The van der Waals surface area contributed by atoms with E-state index in [1.165, 1.54) is 11.1 Å². The number of rotatable bonds is 3. The molecule has 1 N–H and O–H groups in total. The Morgan fingerprint density at radius 2 is 1.68 bits per heavy atom. The number of H-pyrrole nitrogens is 1. The van der Waals surface area contributed by atoms with Crippen LogP contribution in [0.25, 0.3) is 27.8 Å². The Kier molecular flexibility index (Phi) is 5.02. The van der Waals surface area contributed by atoms with E-state index in [2.05, 4.69) is 46.4 Å². The quantitative estimate of drug-likeness (QED) is 0.374. The summed E-state index contributed by atoms with van der Waals surface area (Å²) in [5, 5.41) is 0. The van der Waals surface area contributed by atoms with Gasteiger partial charge in [0.05, 0.1) is 11.0 Å². The van der Waals surface area contributed by atoms with E-state index in [0.717, 1.165) is 58.6 Å². The Morgan fingerprint density at radius 1 is 0.912 bits per heavy atom. The number of benzene rings is 3.